The Bertz CT molecular complexity index is 363. The topological polar surface area (TPSA) is 41.5 Å². The maximum atomic E-state index is 8.73. The molecular formula is C14H21Br2NO2. The molecule has 0 saturated carbocycles. The van der Waals surface area contributed by atoms with Crippen molar-refractivity contribution in [2.24, 2.45) is 0 Å². The average molecular weight is 395 g/mol. The minimum atomic E-state index is 0.216. The molecule has 19 heavy (non-hydrogen) atoms. The predicted molar refractivity (Wildman–Crippen MR) is 85.7 cm³/mol. The fraction of sp³-hybridized carbons (Fsp3) is 0.571. The van der Waals surface area contributed by atoms with E-state index in [0.717, 1.165) is 47.0 Å². The van der Waals surface area contributed by atoms with Gasteiger partial charge >= 0.3 is 0 Å². The second-order valence-corrected chi connectivity index (χ2v) is 6.05. The Balaban J connectivity index is 2.58. The van der Waals surface area contributed by atoms with Crippen molar-refractivity contribution >= 4 is 31.9 Å². The normalized spacial score (nSPS) is 10.7. The van der Waals surface area contributed by atoms with Crippen molar-refractivity contribution in [2.75, 3.05) is 19.8 Å². The molecule has 0 fully saturated rings. The maximum Gasteiger partial charge on any atom is 0.147 e. The largest absolute Gasteiger partial charge is 0.491 e. The third kappa shape index (κ3) is 6.25. The Morgan fingerprint density at radius 2 is 1.89 bits per heavy atom. The van der Waals surface area contributed by atoms with Gasteiger partial charge in [0.15, 0.2) is 0 Å². The van der Waals surface area contributed by atoms with Crippen LogP contribution in [-0.2, 0) is 6.54 Å². The highest BCUT2D eigenvalue weighted by Gasteiger charge is 2.08. The standard InChI is InChI=1S/C14H21Br2NO2/c1-2-5-17-10-11-8-12(15)14(13(16)9-11)19-7-4-3-6-18/h8-9,17-18H,2-7,10H2,1H3. The van der Waals surface area contributed by atoms with Crippen LogP contribution >= 0.6 is 31.9 Å². The molecule has 0 spiro atoms. The molecule has 0 aliphatic rings. The summed E-state index contributed by atoms with van der Waals surface area (Å²) in [5.74, 6) is 0.831. The van der Waals surface area contributed by atoms with Gasteiger partial charge in [-0.3, -0.25) is 0 Å². The molecular weight excluding hydrogens is 374 g/mol. The molecule has 0 amide bonds. The predicted octanol–water partition coefficient (Wildman–Crippen LogP) is 3.86. The molecule has 0 unspecified atom stereocenters. The highest BCUT2D eigenvalue weighted by atomic mass is 79.9. The molecule has 1 aromatic rings. The minimum Gasteiger partial charge on any atom is -0.491 e. The molecule has 0 saturated heterocycles. The smallest absolute Gasteiger partial charge is 0.147 e. The van der Waals surface area contributed by atoms with Gasteiger partial charge in [-0.05, 0) is 75.4 Å². The van der Waals surface area contributed by atoms with E-state index in [4.69, 9.17) is 9.84 Å². The van der Waals surface area contributed by atoms with Gasteiger partial charge in [0, 0.05) is 13.2 Å². The van der Waals surface area contributed by atoms with Crippen LogP contribution in [0, 0.1) is 0 Å². The van der Waals surface area contributed by atoms with Gasteiger partial charge in [0.25, 0.3) is 0 Å². The van der Waals surface area contributed by atoms with Crippen molar-refractivity contribution in [3.8, 4) is 5.75 Å². The Morgan fingerprint density at radius 3 is 2.47 bits per heavy atom. The monoisotopic (exact) mass is 393 g/mol. The zero-order valence-corrected chi connectivity index (χ0v) is 14.4. The third-order valence-corrected chi connectivity index (χ3v) is 3.79. The number of unbranched alkanes of at least 4 members (excludes halogenated alkanes) is 1. The van der Waals surface area contributed by atoms with Crippen molar-refractivity contribution in [1.82, 2.24) is 5.32 Å². The Morgan fingerprint density at radius 1 is 1.21 bits per heavy atom. The number of hydrogen-bond donors (Lipinski definition) is 2. The van der Waals surface area contributed by atoms with Gasteiger partial charge in [0.1, 0.15) is 5.75 Å². The molecule has 0 radical (unpaired) electrons. The van der Waals surface area contributed by atoms with E-state index in [0.29, 0.717) is 6.61 Å². The third-order valence-electron chi connectivity index (χ3n) is 2.61. The summed E-state index contributed by atoms with van der Waals surface area (Å²) >= 11 is 7.09. The zero-order valence-electron chi connectivity index (χ0n) is 11.2. The van der Waals surface area contributed by atoms with Crippen LogP contribution < -0.4 is 10.1 Å². The van der Waals surface area contributed by atoms with E-state index >= 15 is 0 Å². The lowest BCUT2D eigenvalue weighted by molar-refractivity contribution is 0.252. The maximum absolute atomic E-state index is 8.73. The molecule has 1 aromatic carbocycles. The molecule has 2 N–H and O–H groups in total. The molecule has 0 bridgehead atoms. The Kier molecular flexibility index (Phi) is 8.70. The SMILES string of the molecule is CCCNCc1cc(Br)c(OCCCCO)c(Br)c1. The van der Waals surface area contributed by atoms with Crippen LogP contribution in [0.1, 0.15) is 31.7 Å². The Labute approximate surface area is 132 Å². The summed E-state index contributed by atoms with van der Waals surface area (Å²) in [6.45, 7) is 4.87. The first-order valence-electron chi connectivity index (χ1n) is 6.61. The summed E-state index contributed by atoms with van der Waals surface area (Å²) < 4.78 is 7.64. The first kappa shape index (κ1) is 17.0. The molecule has 0 heterocycles. The van der Waals surface area contributed by atoms with Crippen LogP contribution in [0.4, 0.5) is 0 Å². The van der Waals surface area contributed by atoms with Gasteiger partial charge in [-0.25, -0.2) is 0 Å². The zero-order chi connectivity index (χ0) is 14.1. The summed E-state index contributed by atoms with van der Waals surface area (Å²) in [5, 5.41) is 12.1. The van der Waals surface area contributed by atoms with Crippen LogP contribution in [0.5, 0.6) is 5.75 Å². The number of aliphatic hydroxyl groups is 1. The fourth-order valence-electron chi connectivity index (χ4n) is 1.65. The molecule has 108 valence electrons. The summed E-state index contributed by atoms with van der Waals surface area (Å²) in [7, 11) is 0. The molecule has 0 aliphatic heterocycles. The first-order valence-corrected chi connectivity index (χ1v) is 8.20. The van der Waals surface area contributed by atoms with Gasteiger partial charge in [-0.2, -0.15) is 0 Å². The number of hydrogen-bond acceptors (Lipinski definition) is 3. The summed E-state index contributed by atoms with van der Waals surface area (Å²) in [5.41, 5.74) is 1.22. The second-order valence-electron chi connectivity index (χ2n) is 4.34. The quantitative estimate of drug-likeness (QED) is 0.624. The molecule has 0 atom stereocenters. The van der Waals surface area contributed by atoms with Crippen molar-refractivity contribution in [3.05, 3.63) is 26.6 Å². The van der Waals surface area contributed by atoms with Crippen LogP contribution in [0.15, 0.2) is 21.1 Å². The van der Waals surface area contributed by atoms with E-state index in [2.05, 4.69) is 56.2 Å². The van der Waals surface area contributed by atoms with E-state index < -0.39 is 0 Å². The highest BCUT2D eigenvalue weighted by molar-refractivity contribution is 9.11. The van der Waals surface area contributed by atoms with Gasteiger partial charge in [0.05, 0.1) is 15.6 Å². The first-order chi connectivity index (χ1) is 9.19. The van der Waals surface area contributed by atoms with E-state index in [1.165, 1.54) is 5.56 Å². The molecule has 0 aromatic heterocycles. The summed E-state index contributed by atoms with van der Waals surface area (Å²) in [6.07, 6.45) is 2.76. The lowest BCUT2D eigenvalue weighted by Crippen LogP contribution is -2.13. The van der Waals surface area contributed by atoms with Crippen molar-refractivity contribution in [1.29, 1.82) is 0 Å². The van der Waals surface area contributed by atoms with E-state index in [1.54, 1.807) is 0 Å². The number of rotatable bonds is 9. The number of halogens is 2. The second kappa shape index (κ2) is 9.75. The molecule has 0 aliphatic carbocycles. The van der Waals surface area contributed by atoms with Gasteiger partial charge in [0.2, 0.25) is 0 Å². The van der Waals surface area contributed by atoms with Crippen LogP contribution in [0.2, 0.25) is 0 Å². The number of aliphatic hydroxyl groups excluding tert-OH is 1. The minimum absolute atomic E-state index is 0.216. The average Bonchev–Trinajstić information content (AvgIpc) is 2.37. The van der Waals surface area contributed by atoms with E-state index in [-0.39, 0.29) is 6.61 Å². The van der Waals surface area contributed by atoms with Gasteiger partial charge in [-0.1, -0.05) is 6.92 Å². The Hall–Kier alpha value is -0.100. The number of benzene rings is 1. The van der Waals surface area contributed by atoms with E-state index in [1.807, 2.05) is 0 Å². The van der Waals surface area contributed by atoms with Gasteiger partial charge in [-0.15, -0.1) is 0 Å². The summed E-state index contributed by atoms with van der Waals surface area (Å²) in [4.78, 5) is 0. The van der Waals surface area contributed by atoms with E-state index in [9.17, 15) is 0 Å². The number of ether oxygens (including phenoxy) is 1. The van der Waals surface area contributed by atoms with Crippen molar-refractivity contribution < 1.29 is 9.84 Å². The molecule has 5 heteroatoms. The van der Waals surface area contributed by atoms with Crippen molar-refractivity contribution in [3.63, 3.8) is 0 Å². The molecule has 1 rings (SSSR count). The van der Waals surface area contributed by atoms with Gasteiger partial charge < -0.3 is 15.2 Å². The van der Waals surface area contributed by atoms with Crippen molar-refractivity contribution in [2.45, 2.75) is 32.7 Å². The highest BCUT2D eigenvalue weighted by Crippen LogP contribution is 2.34. The lowest BCUT2D eigenvalue weighted by atomic mass is 10.2. The number of nitrogens with one attached hydrogen (secondary N) is 1. The molecule has 3 nitrogen and oxygen atoms in total. The summed E-state index contributed by atoms with van der Waals surface area (Å²) in [6, 6.07) is 4.16. The van der Waals surface area contributed by atoms with Crippen LogP contribution in [0.3, 0.4) is 0 Å². The lowest BCUT2D eigenvalue weighted by Gasteiger charge is -2.12. The van der Waals surface area contributed by atoms with Crippen LogP contribution in [-0.4, -0.2) is 24.9 Å². The fourth-order valence-corrected chi connectivity index (χ4v) is 3.16. The van der Waals surface area contributed by atoms with Crippen LogP contribution in [0.25, 0.3) is 0 Å².